The van der Waals surface area contributed by atoms with Crippen molar-refractivity contribution in [2.45, 2.75) is 91.0 Å². The Hall–Kier alpha value is 0.319. The van der Waals surface area contributed by atoms with E-state index in [0.717, 1.165) is 0 Å². The van der Waals surface area contributed by atoms with Crippen molar-refractivity contribution in [1.29, 1.82) is 0 Å². The first-order chi connectivity index (χ1) is 12.2. The summed E-state index contributed by atoms with van der Waals surface area (Å²) >= 11 is 1.77. The molecular weight excluding hydrogens is 451 g/mol. The van der Waals surface area contributed by atoms with Crippen LogP contribution in [0, 0.1) is 0 Å². The molecule has 142 valence electrons. The monoisotopic (exact) mass is 488 g/mol. The van der Waals surface area contributed by atoms with E-state index < -0.39 is 18.4 Å². The molecule has 0 bridgehead atoms. The summed E-state index contributed by atoms with van der Waals surface area (Å²) in [5.41, 5.74) is 0. The number of thiazole rings is 1. The van der Waals surface area contributed by atoms with Crippen LogP contribution < -0.4 is 2.89 Å². The summed E-state index contributed by atoms with van der Waals surface area (Å²) in [5.74, 6) is 1.18. The average molecular weight is 487 g/mol. The van der Waals surface area contributed by atoms with Crippen molar-refractivity contribution in [3.05, 3.63) is 12.5 Å². The maximum absolute atomic E-state index is 4.66. The first kappa shape index (κ1) is 21.6. The number of nitrogens with zero attached hydrogens (tertiary/aromatic N) is 2. The fraction of sp³-hybridized carbons (Fsp3) is 0.750. The molecule has 0 aliphatic heterocycles. The van der Waals surface area contributed by atoms with Gasteiger partial charge in [-0.15, -0.1) is 0 Å². The number of thioether (sulfide) groups is 1. The third-order valence-electron chi connectivity index (χ3n) is 5.17. The molecule has 2 heterocycles. The number of hydrogen-bond acceptors (Lipinski definition) is 3. The Morgan fingerprint density at radius 3 is 2.08 bits per heavy atom. The number of fused-ring (bicyclic) bond motifs is 1. The van der Waals surface area contributed by atoms with E-state index in [2.05, 4.69) is 60.9 Å². The number of hydrogen-bond donors (Lipinski definition) is 0. The molecule has 2 rings (SSSR count). The Kier molecular flexibility index (Phi) is 9.71. The maximum atomic E-state index is 4.66. The topological polar surface area (TPSA) is 17.3 Å². The molecule has 0 aliphatic carbocycles. The second-order valence-corrected chi connectivity index (χ2v) is 23.6. The van der Waals surface area contributed by atoms with Gasteiger partial charge in [0.25, 0.3) is 0 Å². The Balaban J connectivity index is 2.35. The van der Waals surface area contributed by atoms with Gasteiger partial charge < -0.3 is 0 Å². The fourth-order valence-corrected chi connectivity index (χ4v) is 24.6. The van der Waals surface area contributed by atoms with Crippen LogP contribution >= 0.6 is 23.1 Å². The standard InChI is InChI=1S/C8H9N2S2.3C4H9.Sn/c1-2-4-11-7-8-10(6-9-7)3-5-12-8;3*1-3-4-2;/h3,6H,2,4H2,1H3;3*1,3-4H2,2H3;. The van der Waals surface area contributed by atoms with E-state index in [9.17, 15) is 0 Å². The molecule has 0 spiro atoms. The summed E-state index contributed by atoms with van der Waals surface area (Å²) in [5, 5.41) is 1.26. The Morgan fingerprint density at radius 2 is 1.56 bits per heavy atom. The van der Waals surface area contributed by atoms with Crippen molar-refractivity contribution in [1.82, 2.24) is 9.38 Å². The fourth-order valence-electron chi connectivity index (χ4n) is 3.61. The summed E-state index contributed by atoms with van der Waals surface area (Å²) in [7, 11) is 0. The van der Waals surface area contributed by atoms with Gasteiger partial charge in [0.05, 0.1) is 0 Å². The van der Waals surface area contributed by atoms with Crippen LogP contribution in [-0.4, -0.2) is 33.5 Å². The summed E-state index contributed by atoms with van der Waals surface area (Å²) in [4.78, 5) is 6.08. The third kappa shape index (κ3) is 5.65. The molecule has 2 aromatic rings. The molecule has 25 heavy (non-hydrogen) atoms. The molecule has 0 aliphatic rings. The molecule has 2 aromatic heterocycles. The average Bonchev–Trinajstić information content (AvgIpc) is 3.21. The number of unbranched alkanes of at least 4 members (excludes halogenated alkanes) is 3. The quantitative estimate of drug-likeness (QED) is 0.225. The molecule has 0 atom stereocenters. The van der Waals surface area contributed by atoms with E-state index in [0.29, 0.717) is 0 Å². The van der Waals surface area contributed by atoms with Gasteiger partial charge in [-0.25, -0.2) is 0 Å². The van der Waals surface area contributed by atoms with E-state index in [1.807, 2.05) is 14.7 Å². The zero-order valence-electron chi connectivity index (χ0n) is 16.6. The van der Waals surface area contributed by atoms with Crippen LogP contribution in [-0.2, 0) is 0 Å². The molecule has 5 heteroatoms. The molecule has 0 saturated heterocycles. The minimum absolute atomic E-state index is 1.18. The van der Waals surface area contributed by atoms with Crippen LogP contribution in [0.15, 0.2) is 17.6 Å². The van der Waals surface area contributed by atoms with Crippen LogP contribution in [0.2, 0.25) is 13.3 Å². The van der Waals surface area contributed by atoms with E-state index in [1.54, 1.807) is 13.3 Å². The van der Waals surface area contributed by atoms with E-state index in [4.69, 9.17) is 0 Å². The molecule has 0 fully saturated rings. The predicted molar refractivity (Wildman–Crippen MR) is 119 cm³/mol. The molecule has 0 saturated carbocycles. The van der Waals surface area contributed by atoms with Gasteiger partial charge in [-0.05, 0) is 0 Å². The van der Waals surface area contributed by atoms with Crippen molar-refractivity contribution >= 4 is 49.2 Å². The normalized spacial score (nSPS) is 12.3. The molecule has 0 N–H and O–H groups in total. The van der Waals surface area contributed by atoms with Crippen molar-refractivity contribution in [2.75, 3.05) is 5.75 Å². The van der Waals surface area contributed by atoms with Gasteiger partial charge in [0.1, 0.15) is 0 Å². The van der Waals surface area contributed by atoms with Crippen molar-refractivity contribution in [3.63, 3.8) is 0 Å². The van der Waals surface area contributed by atoms with Crippen molar-refractivity contribution in [3.8, 4) is 0 Å². The van der Waals surface area contributed by atoms with Crippen LogP contribution in [0.4, 0.5) is 0 Å². The summed E-state index contributed by atoms with van der Waals surface area (Å²) in [6.45, 7) is 9.33. The molecule has 2 nitrogen and oxygen atoms in total. The van der Waals surface area contributed by atoms with Gasteiger partial charge in [-0.3, -0.25) is 0 Å². The van der Waals surface area contributed by atoms with Gasteiger partial charge in [-0.1, -0.05) is 0 Å². The summed E-state index contributed by atoms with van der Waals surface area (Å²) in [6.07, 6.45) is 14.1. The zero-order valence-corrected chi connectivity index (χ0v) is 21.1. The SMILES string of the molecule is CCC[CH2][Sn]([CH2]CCC)([CH2]CCC)[c]1cn2cnc(SCCC)c2s1. The minimum atomic E-state index is -2.28. The van der Waals surface area contributed by atoms with Crippen LogP contribution in [0.25, 0.3) is 4.83 Å². The Morgan fingerprint density at radius 1 is 0.960 bits per heavy atom. The van der Waals surface area contributed by atoms with E-state index in [-0.39, 0.29) is 0 Å². The zero-order chi connectivity index (χ0) is 18.1. The second kappa shape index (κ2) is 11.2. The first-order valence-corrected chi connectivity index (χ1v) is 19.6. The Bertz CT molecular complexity index is 598. The third-order valence-corrected chi connectivity index (χ3v) is 25.8. The van der Waals surface area contributed by atoms with Crippen molar-refractivity contribution < 1.29 is 0 Å². The van der Waals surface area contributed by atoms with E-state index >= 15 is 0 Å². The van der Waals surface area contributed by atoms with Crippen LogP contribution in [0.1, 0.15) is 72.6 Å². The van der Waals surface area contributed by atoms with Gasteiger partial charge in [0.2, 0.25) is 0 Å². The van der Waals surface area contributed by atoms with Gasteiger partial charge >= 0.3 is 168 Å². The number of aromatic nitrogens is 2. The number of imidazole rings is 1. The van der Waals surface area contributed by atoms with E-state index in [1.165, 1.54) is 60.6 Å². The summed E-state index contributed by atoms with van der Waals surface area (Å²) < 4.78 is 8.83. The van der Waals surface area contributed by atoms with Crippen LogP contribution in [0.5, 0.6) is 0 Å². The first-order valence-electron chi connectivity index (χ1n) is 10.3. The Labute approximate surface area is 167 Å². The van der Waals surface area contributed by atoms with Crippen molar-refractivity contribution in [2.24, 2.45) is 0 Å². The summed E-state index contributed by atoms with van der Waals surface area (Å²) in [6, 6.07) is 0. The number of rotatable bonds is 13. The molecule has 0 aromatic carbocycles. The molecular formula is C20H36N2S2Sn. The molecule has 0 amide bonds. The van der Waals surface area contributed by atoms with Gasteiger partial charge in [0.15, 0.2) is 0 Å². The van der Waals surface area contributed by atoms with Gasteiger partial charge in [-0.2, -0.15) is 0 Å². The second-order valence-electron chi connectivity index (χ2n) is 7.30. The molecule has 0 unspecified atom stereocenters. The predicted octanol–water partition coefficient (Wildman–Crippen LogP) is 6.95. The van der Waals surface area contributed by atoms with Crippen LogP contribution in [0.3, 0.4) is 0 Å². The van der Waals surface area contributed by atoms with Gasteiger partial charge in [0, 0.05) is 0 Å². The molecule has 0 radical (unpaired) electrons.